The van der Waals surface area contributed by atoms with E-state index in [2.05, 4.69) is 5.32 Å². The highest BCUT2D eigenvalue weighted by atomic mass is 16.6. The number of carbonyl (C=O) groups excluding carboxylic acids is 3. The summed E-state index contributed by atoms with van der Waals surface area (Å²) in [5.74, 6) is -1.41. The highest BCUT2D eigenvalue weighted by Gasteiger charge is 2.32. The van der Waals surface area contributed by atoms with Gasteiger partial charge in [-0.05, 0) is 44.0 Å². The summed E-state index contributed by atoms with van der Waals surface area (Å²) < 4.78 is 11.5. The molecule has 3 rings (SSSR count). The third-order valence-electron chi connectivity index (χ3n) is 4.30. The number of benzene rings is 1. The van der Waals surface area contributed by atoms with Gasteiger partial charge in [0, 0.05) is 6.07 Å². The maximum absolute atomic E-state index is 12.5. The third kappa shape index (κ3) is 3.22. The van der Waals surface area contributed by atoms with Gasteiger partial charge in [-0.15, -0.1) is 0 Å². The molecule has 0 radical (unpaired) electrons. The molecule has 0 saturated heterocycles. The number of amides is 2. The second-order valence-electron chi connectivity index (χ2n) is 6.28. The molecule has 3 N–H and O–H groups in total. The smallest absolute Gasteiger partial charge is 0.344 e. The maximum atomic E-state index is 12.5. The summed E-state index contributed by atoms with van der Waals surface area (Å²) in [6.45, 7) is 5.23. The second kappa shape index (κ2) is 7.18. The van der Waals surface area contributed by atoms with Crippen LogP contribution in [0, 0.1) is 13.8 Å². The van der Waals surface area contributed by atoms with E-state index in [9.17, 15) is 19.2 Å². The normalized spacial score (nSPS) is 12.5. The van der Waals surface area contributed by atoms with Gasteiger partial charge in [0.25, 0.3) is 17.4 Å². The molecule has 1 aromatic heterocycles. The van der Waals surface area contributed by atoms with Crippen molar-refractivity contribution in [1.82, 2.24) is 9.88 Å². The number of nitrogens with two attached hydrogens (primary N) is 1. The van der Waals surface area contributed by atoms with Crippen LogP contribution < -0.4 is 21.3 Å². The van der Waals surface area contributed by atoms with Crippen molar-refractivity contribution in [1.29, 1.82) is 0 Å². The Bertz CT molecular complexity index is 1050. The highest BCUT2D eigenvalue weighted by molar-refractivity contribution is 6.23. The first-order chi connectivity index (χ1) is 13.2. The van der Waals surface area contributed by atoms with E-state index in [4.69, 9.17) is 15.2 Å². The minimum absolute atomic E-state index is 0.0254. The van der Waals surface area contributed by atoms with Crippen LogP contribution in [0.15, 0.2) is 23.0 Å². The fourth-order valence-electron chi connectivity index (χ4n) is 3.16. The second-order valence-corrected chi connectivity index (χ2v) is 6.28. The number of fused-ring (bicyclic) bond motifs is 1. The number of imide groups is 1. The van der Waals surface area contributed by atoms with Crippen LogP contribution in [0.4, 0.5) is 5.82 Å². The topological polar surface area (TPSA) is 130 Å². The van der Waals surface area contributed by atoms with E-state index in [1.807, 2.05) is 0 Å². The van der Waals surface area contributed by atoms with Gasteiger partial charge in [-0.2, -0.15) is 0 Å². The number of esters is 1. The van der Waals surface area contributed by atoms with Crippen molar-refractivity contribution >= 4 is 23.6 Å². The first kappa shape index (κ1) is 19.2. The molecule has 2 heterocycles. The molecule has 2 aromatic rings. The van der Waals surface area contributed by atoms with Crippen molar-refractivity contribution in [2.75, 3.05) is 18.9 Å². The van der Waals surface area contributed by atoms with E-state index < -0.39 is 23.3 Å². The number of aryl methyl sites for hydroxylation is 2. The Morgan fingerprint density at radius 2 is 1.75 bits per heavy atom. The van der Waals surface area contributed by atoms with Crippen LogP contribution in [0.2, 0.25) is 0 Å². The zero-order valence-corrected chi connectivity index (χ0v) is 15.6. The molecule has 1 aliphatic rings. The molecule has 9 heteroatoms. The summed E-state index contributed by atoms with van der Waals surface area (Å²) in [5.41, 5.74) is 7.18. The Hall–Kier alpha value is -3.62. The van der Waals surface area contributed by atoms with Crippen LogP contribution in [-0.4, -0.2) is 35.6 Å². The van der Waals surface area contributed by atoms with Gasteiger partial charge in [0.2, 0.25) is 0 Å². The zero-order chi connectivity index (χ0) is 20.6. The molecule has 0 spiro atoms. The van der Waals surface area contributed by atoms with Crippen LogP contribution in [-0.2, 0) is 9.53 Å². The van der Waals surface area contributed by atoms with Gasteiger partial charge in [0.15, 0.2) is 6.61 Å². The summed E-state index contributed by atoms with van der Waals surface area (Å²) in [4.78, 5) is 47.8. The fraction of sp³-hybridized carbons (Fsp3) is 0.263. The molecule has 0 aliphatic carbocycles. The number of hydrogen-bond acceptors (Lipinski definition) is 7. The lowest BCUT2D eigenvalue weighted by Crippen LogP contribution is -2.24. The van der Waals surface area contributed by atoms with Gasteiger partial charge < -0.3 is 15.2 Å². The number of nitrogen functional groups attached to an aromatic ring is 1. The van der Waals surface area contributed by atoms with Gasteiger partial charge >= 0.3 is 5.97 Å². The number of anilines is 1. The van der Waals surface area contributed by atoms with E-state index in [0.29, 0.717) is 22.6 Å². The Balaban J connectivity index is 2.03. The number of hydrogen-bond donors (Lipinski definition) is 2. The van der Waals surface area contributed by atoms with Gasteiger partial charge in [-0.25, -0.2) is 4.79 Å². The Kier molecular flexibility index (Phi) is 4.91. The molecule has 2 amide bonds. The SMILES string of the molecule is CCOC(=O)COc1c(C)cc(-n2c(N)c3c(cc2=O)C(=O)NC3=O)cc1C. The van der Waals surface area contributed by atoms with Crippen LogP contribution in [0.5, 0.6) is 5.75 Å². The molecule has 0 unspecified atom stereocenters. The predicted molar refractivity (Wildman–Crippen MR) is 99.9 cm³/mol. The summed E-state index contributed by atoms with van der Waals surface area (Å²) in [5, 5.41) is 2.12. The lowest BCUT2D eigenvalue weighted by atomic mass is 10.1. The number of nitrogens with one attached hydrogen (secondary N) is 1. The molecule has 1 aromatic carbocycles. The number of nitrogens with zero attached hydrogens (tertiary/aromatic N) is 1. The van der Waals surface area contributed by atoms with Crippen molar-refractivity contribution < 1.29 is 23.9 Å². The highest BCUT2D eigenvalue weighted by Crippen LogP contribution is 2.29. The molecule has 9 nitrogen and oxygen atoms in total. The van der Waals surface area contributed by atoms with E-state index in [-0.39, 0.29) is 30.2 Å². The molecule has 1 aliphatic heterocycles. The average molecular weight is 385 g/mol. The van der Waals surface area contributed by atoms with Gasteiger partial charge in [-0.1, -0.05) is 0 Å². The summed E-state index contributed by atoms with van der Waals surface area (Å²) in [7, 11) is 0. The number of carbonyl (C=O) groups is 3. The molecule has 0 bridgehead atoms. The molecule has 0 atom stereocenters. The summed E-state index contributed by atoms with van der Waals surface area (Å²) >= 11 is 0. The predicted octanol–water partition coefficient (Wildman–Crippen LogP) is 0.862. The van der Waals surface area contributed by atoms with Crippen molar-refractivity contribution in [3.63, 3.8) is 0 Å². The number of ether oxygens (including phenoxy) is 2. The number of aromatic nitrogens is 1. The Morgan fingerprint density at radius 3 is 2.36 bits per heavy atom. The Labute approximate surface area is 160 Å². The monoisotopic (exact) mass is 385 g/mol. The first-order valence-electron chi connectivity index (χ1n) is 8.55. The molecule has 28 heavy (non-hydrogen) atoms. The minimum Gasteiger partial charge on any atom is -0.481 e. The van der Waals surface area contributed by atoms with Crippen LogP contribution in [0.1, 0.15) is 38.8 Å². The molecule has 0 fully saturated rings. The average Bonchev–Trinajstić information content (AvgIpc) is 2.88. The first-order valence-corrected chi connectivity index (χ1v) is 8.55. The van der Waals surface area contributed by atoms with Gasteiger partial charge in [0.1, 0.15) is 11.6 Å². The number of rotatable bonds is 5. The lowest BCUT2D eigenvalue weighted by molar-refractivity contribution is -0.145. The van der Waals surface area contributed by atoms with E-state index >= 15 is 0 Å². The van der Waals surface area contributed by atoms with Gasteiger partial charge in [0.05, 0.1) is 23.4 Å². The van der Waals surface area contributed by atoms with Crippen LogP contribution in [0.25, 0.3) is 5.69 Å². The summed E-state index contributed by atoms with van der Waals surface area (Å²) in [6, 6.07) is 4.38. The van der Waals surface area contributed by atoms with Crippen molar-refractivity contribution in [2.45, 2.75) is 20.8 Å². The van der Waals surface area contributed by atoms with Crippen LogP contribution >= 0.6 is 0 Å². The van der Waals surface area contributed by atoms with Crippen molar-refractivity contribution in [3.8, 4) is 11.4 Å². The minimum atomic E-state index is -0.647. The number of pyridine rings is 1. The van der Waals surface area contributed by atoms with E-state index in [0.717, 1.165) is 10.6 Å². The van der Waals surface area contributed by atoms with E-state index in [1.54, 1.807) is 32.9 Å². The zero-order valence-electron chi connectivity index (χ0n) is 15.6. The van der Waals surface area contributed by atoms with E-state index in [1.165, 1.54) is 0 Å². The molecular weight excluding hydrogens is 366 g/mol. The largest absolute Gasteiger partial charge is 0.481 e. The Morgan fingerprint density at radius 1 is 1.11 bits per heavy atom. The van der Waals surface area contributed by atoms with Crippen molar-refractivity contribution in [2.24, 2.45) is 0 Å². The van der Waals surface area contributed by atoms with Crippen LogP contribution in [0.3, 0.4) is 0 Å². The lowest BCUT2D eigenvalue weighted by Gasteiger charge is -2.16. The maximum Gasteiger partial charge on any atom is 0.344 e. The fourth-order valence-corrected chi connectivity index (χ4v) is 3.16. The van der Waals surface area contributed by atoms with Crippen molar-refractivity contribution in [3.05, 3.63) is 50.8 Å². The molecule has 146 valence electrons. The molecule has 0 saturated carbocycles. The molecular formula is C19H19N3O6. The quantitative estimate of drug-likeness (QED) is 0.577. The van der Waals surface area contributed by atoms with Gasteiger partial charge in [-0.3, -0.25) is 24.3 Å². The summed E-state index contributed by atoms with van der Waals surface area (Å²) in [6.07, 6.45) is 0. The third-order valence-corrected chi connectivity index (χ3v) is 4.30. The standard InChI is InChI=1S/C19H19N3O6/c1-4-27-14(24)8-28-16-9(2)5-11(6-10(16)3)22-13(23)7-12-15(17(22)20)19(26)21-18(12)25/h5-7H,4,8,20H2,1-3H3,(H,21,25,26).